The molecule has 1 aliphatic carbocycles. The molecule has 0 spiro atoms. The molecule has 1 aliphatic rings. The summed E-state index contributed by atoms with van der Waals surface area (Å²) in [5.74, 6) is -0.0989. The molecule has 0 saturated heterocycles. The zero-order valence-corrected chi connectivity index (χ0v) is 17.7. The Hall–Kier alpha value is -1.93. The van der Waals surface area contributed by atoms with Gasteiger partial charge < -0.3 is 9.16 Å². The van der Waals surface area contributed by atoms with E-state index in [9.17, 15) is 5.26 Å². The van der Waals surface area contributed by atoms with Gasteiger partial charge in [-0.1, -0.05) is 81.4 Å². The molecule has 0 N–H and O–H groups in total. The third-order valence-electron chi connectivity index (χ3n) is 5.69. The third kappa shape index (κ3) is 3.73. The monoisotopic (exact) mass is 379 g/mol. The lowest BCUT2D eigenvalue weighted by molar-refractivity contribution is 0.0788. The van der Waals surface area contributed by atoms with Crippen LogP contribution in [0.1, 0.15) is 33.6 Å². The molecule has 2 aromatic rings. The molecular formula is C23H29NO2Si. The van der Waals surface area contributed by atoms with E-state index in [0.29, 0.717) is 0 Å². The Morgan fingerprint density at radius 1 is 0.926 bits per heavy atom. The molecule has 3 nitrogen and oxygen atoms in total. The highest BCUT2D eigenvalue weighted by Crippen LogP contribution is 2.40. The molecule has 0 bridgehead atoms. The minimum Gasteiger partial charge on any atom is -0.404 e. The second kappa shape index (κ2) is 7.98. The van der Waals surface area contributed by atoms with Crippen molar-refractivity contribution in [3.05, 3.63) is 60.7 Å². The Labute approximate surface area is 164 Å². The van der Waals surface area contributed by atoms with Crippen LogP contribution in [0.25, 0.3) is 0 Å². The van der Waals surface area contributed by atoms with Crippen LogP contribution >= 0.6 is 0 Å². The van der Waals surface area contributed by atoms with Gasteiger partial charge in [0.15, 0.2) is 0 Å². The maximum atomic E-state index is 9.50. The molecule has 3 atom stereocenters. The first-order valence-corrected chi connectivity index (χ1v) is 11.5. The van der Waals surface area contributed by atoms with Gasteiger partial charge in [0.25, 0.3) is 8.32 Å². The molecule has 1 fully saturated rings. The average molecular weight is 380 g/mol. The molecule has 0 aliphatic heterocycles. The summed E-state index contributed by atoms with van der Waals surface area (Å²) in [4.78, 5) is 0. The van der Waals surface area contributed by atoms with E-state index < -0.39 is 8.32 Å². The van der Waals surface area contributed by atoms with Gasteiger partial charge in [0.2, 0.25) is 0 Å². The lowest BCUT2D eigenvalue weighted by Gasteiger charge is -2.44. The number of methoxy groups -OCH3 is 1. The quantitative estimate of drug-likeness (QED) is 0.741. The number of nitriles is 1. The van der Waals surface area contributed by atoms with Crippen molar-refractivity contribution in [1.82, 2.24) is 0 Å². The lowest BCUT2D eigenvalue weighted by atomic mass is 10.1. The van der Waals surface area contributed by atoms with Gasteiger partial charge >= 0.3 is 0 Å². The highest BCUT2D eigenvalue weighted by molar-refractivity contribution is 6.99. The number of hydrogen-bond acceptors (Lipinski definition) is 3. The summed E-state index contributed by atoms with van der Waals surface area (Å²) in [6, 6.07) is 23.7. The van der Waals surface area contributed by atoms with Gasteiger partial charge in [-0.3, -0.25) is 0 Å². The summed E-state index contributed by atoms with van der Waals surface area (Å²) < 4.78 is 12.7. The molecule has 0 unspecified atom stereocenters. The summed E-state index contributed by atoms with van der Waals surface area (Å²) in [6.07, 6.45) is 1.50. The number of ether oxygens (including phenoxy) is 1. The molecule has 1 saturated carbocycles. The second-order valence-electron chi connectivity index (χ2n) is 8.38. The predicted octanol–water partition coefficient (Wildman–Crippen LogP) is 3.88. The van der Waals surface area contributed by atoms with Crippen molar-refractivity contribution in [3.63, 3.8) is 0 Å². The predicted molar refractivity (Wildman–Crippen MR) is 112 cm³/mol. The van der Waals surface area contributed by atoms with Gasteiger partial charge in [0.1, 0.15) is 0 Å². The largest absolute Gasteiger partial charge is 0.404 e. The minimum atomic E-state index is -2.56. The van der Waals surface area contributed by atoms with E-state index in [0.717, 1.165) is 12.8 Å². The Morgan fingerprint density at radius 3 is 1.81 bits per heavy atom. The maximum absolute atomic E-state index is 9.50. The van der Waals surface area contributed by atoms with E-state index in [1.807, 2.05) is 0 Å². The fraction of sp³-hybridized carbons (Fsp3) is 0.435. The van der Waals surface area contributed by atoms with Gasteiger partial charge in [-0.05, 0) is 28.3 Å². The van der Waals surface area contributed by atoms with Crippen LogP contribution in [0.3, 0.4) is 0 Å². The molecule has 142 valence electrons. The minimum absolute atomic E-state index is 0.0332. The van der Waals surface area contributed by atoms with E-state index in [-0.39, 0.29) is 23.2 Å². The summed E-state index contributed by atoms with van der Waals surface area (Å²) in [5.41, 5.74) is 0. The summed E-state index contributed by atoms with van der Waals surface area (Å²) in [6.45, 7) is 6.84. The molecule has 2 aromatic carbocycles. The van der Waals surface area contributed by atoms with Gasteiger partial charge in [-0.15, -0.1) is 0 Å². The SMILES string of the molecule is CO[C@H]1C[C@H](O[Si](c2ccccc2)(c2ccccc2)C(C)(C)C)C[C@@H]1C#N. The molecular weight excluding hydrogens is 350 g/mol. The van der Waals surface area contributed by atoms with E-state index in [4.69, 9.17) is 9.16 Å². The second-order valence-corrected chi connectivity index (χ2v) is 12.6. The number of rotatable bonds is 5. The number of nitrogens with zero attached hydrogens (tertiary/aromatic N) is 1. The summed E-state index contributed by atoms with van der Waals surface area (Å²) in [5, 5.41) is 12.0. The Balaban J connectivity index is 2.09. The topological polar surface area (TPSA) is 42.2 Å². The van der Waals surface area contributed by atoms with Gasteiger partial charge in [0, 0.05) is 13.2 Å². The van der Waals surface area contributed by atoms with Crippen molar-refractivity contribution in [2.45, 2.75) is 50.9 Å². The van der Waals surface area contributed by atoms with E-state index in [1.54, 1.807) is 7.11 Å². The fourth-order valence-electron chi connectivity index (χ4n) is 4.39. The standard InChI is InChI=1S/C23H29NO2Si/c1-23(2,3)27(20-11-7-5-8-12-20,21-13-9-6-10-14-21)26-19-15-18(17-24)22(16-19)25-4/h5-14,18-19,22H,15-16H2,1-4H3/t18-,19-,22+/m1/s1. The number of hydrogen-bond donors (Lipinski definition) is 0. The van der Waals surface area contributed by atoms with E-state index >= 15 is 0 Å². The van der Waals surface area contributed by atoms with Crippen LogP contribution in [-0.2, 0) is 9.16 Å². The van der Waals surface area contributed by atoms with Crippen molar-refractivity contribution in [2.24, 2.45) is 5.92 Å². The third-order valence-corrected chi connectivity index (χ3v) is 10.8. The van der Waals surface area contributed by atoms with Crippen LogP contribution in [0.15, 0.2) is 60.7 Å². The van der Waals surface area contributed by atoms with Gasteiger partial charge in [-0.2, -0.15) is 5.26 Å². The van der Waals surface area contributed by atoms with Crippen molar-refractivity contribution in [2.75, 3.05) is 7.11 Å². The highest BCUT2D eigenvalue weighted by atomic mass is 28.4. The molecule has 0 aromatic heterocycles. The van der Waals surface area contributed by atoms with Gasteiger partial charge in [0.05, 0.1) is 18.1 Å². The van der Waals surface area contributed by atoms with Crippen molar-refractivity contribution < 1.29 is 9.16 Å². The molecule has 0 amide bonds. The lowest BCUT2D eigenvalue weighted by Crippen LogP contribution is -2.67. The van der Waals surface area contributed by atoms with E-state index in [1.165, 1.54) is 10.4 Å². The van der Waals surface area contributed by atoms with Crippen molar-refractivity contribution in [1.29, 1.82) is 5.26 Å². The van der Waals surface area contributed by atoms with Crippen molar-refractivity contribution >= 4 is 18.7 Å². The molecule has 0 radical (unpaired) electrons. The Bertz CT molecular complexity index is 740. The van der Waals surface area contributed by atoms with Crippen LogP contribution in [0.2, 0.25) is 5.04 Å². The summed E-state index contributed by atoms with van der Waals surface area (Å²) >= 11 is 0. The zero-order valence-electron chi connectivity index (χ0n) is 16.7. The fourth-order valence-corrected chi connectivity index (χ4v) is 9.10. The maximum Gasteiger partial charge on any atom is 0.261 e. The normalized spacial score (nSPS) is 23.1. The summed E-state index contributed by atoms with van der Waals surface area (Å²) in [7, 11) is -0.869. The van der Waals surface area contributed by atoms with Gasteiger partial charge in [-0.25, -0.2) is 0 Å². The first-order chi connectivity index (χ1) is 12.9. The van der Waals surface area contributed by atoms with Crippen LogP contribution in [0.5, 0.6) is 0 Å². The van der Waals surface area contributed by atoms with Crippen molar-refractivity contribution in [3.8, 4) is 6.07 Å². The first kappa shape index (κ1) is 19.8. The Kier molecular flexibility index (Phi) is 5.85. The molecule has 0 heterocycles. The Morgan fingerprint density at radius 2 is 1.44 bits per heavy atom. The average Bonchev–Trinajstić information content (AvgIpc) is 3.08. The van der Waals surface area contributed by atoms with Crippen LogP contribution in [0, 0.1) is 17.2 Å². The van der Waals surface area contributed by atoms with Crippen LogP contribution < -0.4 is 10.4 Å². The molecule has 27 heavy (non-hydrogen) atoms. The first-order valence-electron chi connectivity index (χ1n) is 9.63. The van der Waals surface area contributed by atoms with E-state index in [2.05, 4.69) is 87.5 Å². The zero-order chi connectivity index (χ0) is 19.5. The molecule has 3 rings (SSSR count). The number of benzene rings is 2. The smallest absolute Gasteiger partial charge is 0.261 e. The highest BCUT2D eigenvalue weighted by Gasteiger charge is 2.52. The molecule has 4 heteroatoms. The van der Waals surface area contributed by atoms with Crippen LogP contribution in [0.4, 0.5) is 0 Å². The van der Waals surface area contributed by atoms with Crippen LogP contribution in [-0.4, -0.2) is 27.6 Å².